The molecule has 4 N–H and O–H groups in total. The SMILES string of the molecule is CCc1cccc(NC(=O)CNC(=O)CC(N)c2ccccc2)c1. The standard InChI is InChI=1S/C19H23N3O2/c1-2-14-7-6-10-16(11-14)22-19(24)13-21-18(23)12-17(20)15-8-4-3-5-9-15/h3-11,17H,2,12-13,20H2,1H3,(H,21,23)(H,22,24). The van der Waals surface area contributed by atoms with Crippen LogP contribution in [0.25, 0.3) is 0 Å². The molecular formula is C19H23N3O2. The maximum atomic E-state index is 11.9. The molecule has 0 bridgehead atoms. The summed E-state index contributed by atoms with van der Waals surface area (Å²) in [5.74, 6) is -0.506. The van der Waals surface area contributed by atoms with E-state index in [2.05, 4.69) is 17.6 Å². The monoisotopic (exact) mass is 325 g/mol. The van der Waals surface area contributed by atoms with Crippen LogP contribution in [0.2, 0.25) is 0 Å². The van der Waals surface area contributed by atoms with Gasteiger partial charge in [0.25, 0.3) is 0 Å². The number of aryl methyl sites for hydroxylation is 1. The second kappa shape index (κ2) is 8.84. The molecule has 0 radical (unpaired) electrons. The van der Waals surface area contributed by atoms with E-state index in [1.165, 1.54) is 0 Å². The number of rotatable bonds is 7. The normalized spacial score (nSPS) is 11.6. The van der Waals surface area contributed by atoms with Crippen LogP contribution in [0.3, 0.4) is 0 Å². The highest BCUT2D eigenvalue weighted by Crippen LogP contribution is 2.13. The molecule has 0 aliphatic heterocycles. The number of carbonyl (C=O) groups is 2. The fraction of sp³-hybridized carbons (Fsp3) is 0.263. The van der Waals surface area contributed by atoms with Gasteiger partial charge in [0, 0.05) is 18.2 Å². The summed E-state index contributed by atoms with van der Waals surface area (Å²) in [7, 11) is 0. The molecule has 0 heterocycles. The van der Waals surface area contributed by atoms with Gasteiger partial charge >= 0.3 is 0 Å². The topological polar surface area (TPSA) is 84.2 Å². The maximum absolute atomic E-state index is 11.9. The quantitative estimate of drug-likeness (QED) is 0.731. The van der Waals surface area contributed by atoms with E-state index in [4.69, 9.17) is 5.73 Å². The van der Waals surface area contributed by atoms with E-state index in [9.17, 15) is 9.59 Å². The summed E-state index contributed by atoms with van der Waals surface area (Å²) in [4.78, 5) is 23.8. The molecule has 1 unspecified atom stereocenters. The van der Waals surface area contributed by atoms with Crippen LogP contribution in [0.15, 0.2) is 54.6 Å². The first-order chi connectivity index (χ1) is 11.6. The van der Waals surface area contributed by atoms with Gasteiger partial charge in [0.1, 0.15) is 0 Å². The summed E-state index contributed by atoms with van der Waals surface area (Å²) in [5, 5.41) is 5.37. The van der Waals surface area contributed by atoms with Crippen LogP contribution in [-0.2, 0) is 16.0 Å². The molecule has 24 heavy (non-hydrogen) atoms. The number of nitrogens with two attached hydrogens (primary N) is 1. The lowest BCUT2D eigenvalue weighted by atomic mass is 10.0. The smallest absolute Gasteiger partial charge is 0.243 e. The van der Waals surface area contributed by atoms with Crippen LogP contribution in [0.1, 0.15) is 30.5 Å². The first-order valence-corrected chi connectivity index (χ1v) is 8.04. The summed E-state index contributed by atoms with van der Waals surface area (Å²) < 4.78 is 0. The number of anilines is 1. The highest BCUT2D eigenvalue weighted by Gasteiger charge is 2.12. The molecule has 0 aliphatic rings. The van der Waals surface area contributed by atoms with Gasteiger partial charge in [0.2, 0.25) is 11.8 Å². The molecule has 0 fully saturated rings. The average Bonchev–Trinajstić information content (AvgIpc) is 2.61. The van der Waals surface area contributed by atoms with Gasteiger partial charge < -0.3 is 16.4 Å². The molecule has 126 valence electrons. The van der Waals surface area contributed by atoms with E-state index < -0.39 is 0 Å². The molecule has 2 rings (SSSR count). The van der Waals surface area contributed by atoms with Gasteiger partial charge in [-0.05, 0) is 29.7 Å². The van der Waals surface area contributed by atoms with E-state index in [0.717, 1.165) is 23.2 Å². The Kier molecular flexibility index (Phi) is 6.51. The number of nitrogens with one attached hydrogen (secondary N) is 2. The Balaban J connectivity index is 1.77. The minimum atomic E-state index is -0.379. The van der Waals surface area contributed by atoms with Crippen LogP contribution in [0.4, 0.5) is 5.69 Å². The predicted octanol–water partition coefficient (Wildman–Crippen LogP) is 2.39. The number of carbonyl (C=O) groups excluding carboxylic acids is 2. The Bertz CT molecular complexity index is 686. The lowest BCUT2D eigenvalue weighted by Gasteiger charge is -2.12. The fourth-order valence-electron chi connectivity index (χ4n) is 2.34. The number of amides is 2. The van der Waals surface area contributed by atoms with Gasteiger partial charge in [0.05, 0.1) is 6.54 Å². The molecular weight excluding hydrogens is 302 g/mol. The lowest BCUT2D eigenvalue weighted by Crippen LogP contribution is -2.34. The molecule has 5 heteroatoms. The Morgan fingerprint density at radius 3 is 2.50 bits per heavy atom. The second-order valence-electron chi connectivity index (χ2n) is 5.60. The minimum Gasteiger partial charge on any atom is -0.347 e. The van der Waals surface area contributed by atoms with Crippen molar-refractivity contribution in [1.82, 2.24) is 5.32 Å². The zero-order valence-corrected chi connectivity index (χ0v) is 13.8. The van der Waals surface area contributed by atoms with Crippen molar-refractivity contribution in [3.63, 3.8) is 0 Å². The van der Waals surface area contributed by atoms with Crippen LogP contribution in [0.5, 0.6) is 0 Å². The second-order valence-corrected chi connectivity index (χ2v) is 5.60. The van der Waals surface area contributed by atoms with Gasteiger partial charge in [-0.1, -0.05) is 49.4 Å². The molecule has 5 nitrogen and oxygen atoms in total. The molecule has 2 aromatic carbocycles. The van der Waals surface area contributed by atoms with Crippen LogP contribution < -0.4 is 16.4 Å². The third kappa shape index (κ3) is 5.52. The van der Waals surface area contributed by atoms with Gasteiger partial charge in [-0.3, -0.25) is 9.59 Å². The van der Waals surface area contributed by atoms with E-state index in [1.54, 1.807) is 0 Å². The largest absolute Gasteiger partial charge is 0.347 e. The van der Waals surface area contributed by atoms with Crippen molar-refractivity contribution in [3.8, 4) is 0 Å². The molecule has 0 aliphatic carbocycles. The molecule has 0 saturated heterocycles. The Morgan fingerprint density at radius 2 is 1.79 bits per heavy atom. The fourth-order valence-corrected chi connectivity index (χ4v) is 2.34. The first kappa shape index (κ1) is 17.7. The summed E-state index contributed by atoms with van der Waals surface area (Å²) in [5.41, 5.74) is 8.77. The van der Waals surface area contributed by atoms with Crippen molar-refractivity contribution in [3.05, 3.63) is 65.7 Å². The van der Waals surface area contributed by atoms with E-state index in [0.29, 0.717) is 0 Å². The third-order valence-electron chi connectivity index (χ3n) is 3.70. The van der Waals surface area contributed by atoms with Gasteiger partial charge in [-0.25, -0.2) is 0 Å². The summed E-state index contributed by atoms with van der Waals surface area (Å²) in [6, 6.07) is 16.7. The Morgan fingerprint density at radius 1 is 1.04 bits per heavy atom. The summed E-state index contributed by atoms with van der Waals surface area (Å²) in [6.45, 7) is 1.98. The first-order valence-electron chi connectivity index (χ1n) is 8.04. The van der Waals surface area contributed by atoms with Crippen molar-refractivity contribution in [2.75, 3.05) is 11.9 Å². The molecule has 0 saturated carbocycles. The van der Waals surface area contributed by atoms with Crippen molar-refractivity contribution in [2.24, 2.45) is 5.73 Å². The molecule has 0 spiro atoms. The van der Waals surface area contributed by atoms with Crippen LogP contribution in [0, 0.1) is 0 Å². The van der Waals surface area contributed by atoms with E-state index >= 15 is 0 Å². The van der Waals surface area contributed by atoms with E-state index in [1.807, 2.05) is 54.6 Å². The molecule has 2 amide bonds. The van der Waals surface area contributed by atoms with E-state index in [-0.39, 0.29) is 30.8 Å². The highest BCUT2D eigenvalue weighted by molar-refractivity contribution is 5.94. The van der Waals surface area contributed by atoms with Gasteiger partial charge in [-0.2, -0.15) is 0 Å². The average molecular weight is 325 g/mol. The zero-order chi connectivity index (χ0) is 17.4. The summed E-state index contributed by atoms with van der Waals surface area (Å²) >= 11 is 0. The number of hydrogen-bond acceptors (Lipinski definition) is 3. The van der Waals surface area contributed by atoms with Gasteiger partial charge in [0.15, 0.2) is 0 Å². The van der Waals surface area contributed by atoms with Crippen LogP contribution >= 0.6 is 0 Å². The lowest BCUT2D eigenvalue weighted by molar-refractivity contribution is -0.124. The minimum absolute atomic E-state index is 0.0727. The molecule has 0 aromatic heterocycles. The number of hydrogen-bond donors (Lipinski definition) is 3. The Hall–Kier alpha value is -2.66. The summed E-state index contributed by atoms with van der Waals surface area (Å²) in [6.07, 6.45) is 1.04. The van der Waals surface area contributed by atoms with Gasteiger partial charge in [-0.15, -0.1) is 0 Å². The molecule has 2 aromatic rings. The Labute approximate surface area is 142 Å². The maximum Gasteiger partial charge on any atom is 0.243 e. The predicted molar refractivity (Wildman–Crippen MR) is 95.4 cm³/mol. The van der Waals surface area contributed by atoms with Crippen molar-refractivity contribution in [2.45, 2.75) is 25.8 Å². The third-order valence-corrected chi connectivity index (χ3v) is 3.70. The van der Waals surface area contributed by atoms with Crippen LogP contribution in [-0.4, -0.2) is 18.4 Å². The number of benzene rings is 2. The highest BCUT2D eigenvalue weighted by atomic mass is 16.2. The zero-order valence-electron chi connectivity index (χ0n) is 13.8. The van der Waals surface area contributed by atoms with Crippen molar-refractivity contribution < 1.29 is 9.59 Å². The molecule has 1 atom stereocenters. The van der Waals surface area contributed by atoms with Crippen molar-refractivity contribution >= 4 is 17.5 Å². The van der Waals surface area contributed by atoms with Crippen molar-refractivity contribution in [1.29, 1.82) is 0 Å².